The third-order valence-electron chi connectivity index (χ3n) is 2.50. The van der Waals surface area contributed by atoms with E-state index in [2.05, 4.69) is 22.0 Å². The fourth-order valence-electron chi connectivity index (χ4n) is 1.43. The number of nitrogens with zero attached hydrogens (tertiary/aromatic N) is 2. The quantitative estimate of drug-likeness (QED) is 0.427. The molecular formula is C10H19N3O4S. The molecule has 18 heavy (non-hydrogen) atoms. The van der Waals surface area contributed by atoms with Crippen LogP contribution < -0.4 is 5.32 Å². The molecule has 8 heteroatoms. The molecule has 0 aromatic carbocycles. The van der Waals surface area contributed by atoms with Crippen LogP contribution in [-0.4, -0.2) is 76.8 Å². The topological polar surface area (TPSA) is 93.1 Å². The molecule has 3 N–H and O–H groups in total. The van der Waals surface area contributed by atoms with Gasteiger partial charge in [-0.15, -0.1) is 0 Å². The molecule has 1 fully saturated rings. The van der Waals surface area contributed by atoms with Crippen LogP contribution in [0.4, 0.5) is 0 Å². The van der Waals surface area contributed by atoms with Crippen LogP contribution in [0.25, 0.3) is 0 Å². The second-order valence-corrected chi connectivity index (χ2v) is 3.97. The molecule has 0 bridgehead atoms. The Morgan fingerprint density at radius 2 is 1.61 bits per heavy atom. The van der Waals surface area contributed by atoms with Crippen LogP contribution in [0.15, 0.2) is 0 Å². The Morgan fingerprint density at radius 3 is 1.89 bits per heavy atom. The van der Waals surface area contributed by atoms with Crippen molar-refractivity contribution in [3.8, 4) is 0 Å². The normalized spacial score (nSPS) is 15.3. The van der Waals surface area contributed by atoms with E-state index >= 15 is 0 Å². The molecule has 1 saturated heterocycles. The van der Waals surface area contributed by atoms with Crippen LogP contribution in [0.5, 0.6) is 0 Å². The fraction of sp³-hybridized carbons (Fsp3) is 0.700. The van der Waals surface area contributed by atoms with E-state index in [9.17, 15) is 0 Å². The summed E-state index contributed by atoms with van der Waals surface area (Å²) in [5.74, 6) is -3.65. The predicted molar refractivity (Wildman–Crippen MR) is 70.6 cm³/mol. The highest BCUT2D eigenvalue weighted by Crippen LogP contribution is 2.00. The van der Waals surface area contributed by atoms with Gasteiger partial charge < -0.3 is 25.3 Å². The Balaban J connectivity index is 0.000000411. The van der Waals surface area contributed by atoms with E-state index in [0.29, 0.717) is 0 Å². The van der Waals surface area contributed by atoms with Gasteiger partial charge in [-0.3, -0.25) is 0 Å². The molecule has 1 heterocycles. The molecular weight excluding hydrogens is 258 g/mol. The number of carboxylic acid groups (broad SMARTS) is 2. The lowest BCUT2D eigenvalue weighted by atomic mass is 10.3. The van der Waals surface area contributed by atoms with Crippen molar-refractivity contribution in [3.05, 3.63) is 0 Å². The lowest BCUT2D eigenvalue weighted by molar-refractivity contribution is -0.159. The van der Waals surface area contributed by atoms with Crippen molar-refractivity contribution in [3.63, 3.8) is 0 Å². The minimum Gasteiger partial charge on any atom is -0.473 e. The predicted octanol–water partition coefficient (Wildman–Crippen LogP) is -0.716. The van der Waals surface area contributed by atoms with Gasteiger partial charge in [-0.25, -0.2) is 9.59 Å². The number of hydrogen-bond acceptors (Lipinski definition) is 4. The molecule has 1 aliphatic heterocycles. The summed E-state index contributed by atoms with van der Waals surface area (Å²) in [7, 11) is 1.88. The molecule has 7 nitrogen and oxygen atoms in total. The number of carbonyl (C=O) groups is 2. The Labute approximate surface area is 111 Å². The molecule has 0 saturated carbocycles. The Hall–Kier alpha value is -1.41. The first kappa shape index (κ1) is 16.6. The second-order valence-electron chi connectivity index (χ2n) is 3.59. The highest BCUT2D eigenvalue weighted by Gasteiger charge is 2.16. The van der Waals surface area contributed by atoms with E-state index < -0.39 is 11.9 Å². The van der Waals surface area contributed by atoms with E-state index in [0.717, 1.165) is 37.8 Å². The van der Waals surface area contributed by atoms with Crippen molar-refractivity contribution >= 4 is 29.3 Å². The number of nitrogens with one attached hydrogen (secondary N) is 1. The van der Waals surface area contributed by atoms with E-state index in [4.69, 9.17) is 32.0 Å². The van der Waals surface area contributed by atoms with Gasteiger partial charge in [-0.1, -0.05) is 6.92 Å². The summed E-state index contributed by atoms with van der Waals surface area (Å²) in [6.45, 7) is 7.75. The van der Waals surface area contributed by atoms with E-state index in [1.165, 1.54) is 0 Å². The summed E-state index contributed by atoms with van der Waals surface area (Å²) in [6.07, 6.45) is 0. The molecule has 1 aliphatic rings. The maximum absolute atomic E-state index is 9.10. The standard InChI is InChI=1S/C8H17N3S.C2H2O4/c1-3-10-4-6-11(7-5-10)8(12)9-2;3-1(4)2(5)6/h3-7H2,1-2H3,(H,9,12);(H,3,4)(H,5,6). The average molecular weight is 277 g/mol. The minimum absolute atomic E-state index is 0.880. The zero-order valence-electron chi connectivity index (χ0n) is 10.5. The first-order chi connectivity index (χ1) is 8.42. The van der Waals surface area contributed by atoms with E-state index in [1.54, 1.807) is 0 Å². The monoisotopic (exact) mass is 277 g/mol. The largest absolute Gasteiger partial charge is 0.473 e. The Kier molecular flexibility index (Phi) is 7.97. The zero-order valence-corrected chi connectivity index (χ0v) is 11.4. The van der Waals surface area contributed by atoms with Gasteiger partial charge in [-0.2, -0.15) is 0 Å². The van der Waals surface area contributed by atoms with Gasteiger partial charge in [0.1, 0.15) is 0 Å². The number of carboxylic acids is 2. The molecule has 0 amide bonds. The van der Waals surface area contributed by atoms with E-state index in [-0.39, 0.29) is 0 Å². The molecule has 0 radical (unpaired) electrons. The molecule has 0 aromatic rings. The molecule has 0 aliphatic carbocycles. The van der Waals surface area contributed by atoms with Crippen LogP contribution in [0.1, 0.15) is 6.92 Å². The van der Waals surface area contributed by atoms with Crippen LogP contribution in [0.2, 0.25) is 0 Å². The van der Waals surface area contributed by atoms with Gasteiger partial charge in [0.25, 0.3) is 0 Å². The molecule has 0 spiro atoms. The van der Waals surface area contributed by atoms with Gasteiger partial charge in [0, 0.05) is 33.2 Å². The van der Waals surface area contributed by atoms with Crippen molar-refractivity contribution in [1.82, 2.24) is 15.1 Å². The van der Waals surface area contributed by atoms with Gasteiger partial charge in [0.2, 0.25) is 0 Å². The summed E-state index contributed by atoms with van der Waals surface area (Å²) in [5.41, 5.74) is 0. The highest BCUT2D eigenvalue weighted by molar-refractivity contribution is 7.80. The van der Waals surface area contributed by atoms with Gasteiger partial charge in [0.15, 0.2) is 5.11 Å². The lowest BCUT2D eigenvalue weighted by Gasteiger charge is -2.35. The lowest BCUT2D eigenvalue weighted by Crippen LogP contribution is -2.50. The maximum Gasteiger partial charge on any atom is 0.414 e. The van der Waals surface area contributed by atoms with Crippen molar-refractivity contribution in [2.24, 2.45) is 0 Å². The van der Waals surface area contributed by atoms with Crippen molar-refractivity contribution in [2.75, 3.05) is 39.8 Å². The first-order valence-corrected chi connectivity index (χ1v) is 5.98. The van der Waals surface area contributed by atoms with Gasteiger partial charge in [0.05, 0.1) is 0 Å². The van der Waals surface area contributed by atoms with Crippen LogP contribution in [0.3, 0.4) is 0 Å². The van der Waals surface area contributed by atoms with Crippen molar-refractivity contribution in [2.45, 2.75) is 6.92 Å². The highest BCUT2D eigenvalue weighted by atomic mass is 32.1. The summed E-state index contributed by atoms with van der Waals surface area (Å²) >= 11 is 5.15. The summed E-state index contributed by atoms with van der Waals surface area (Å²) < 4.78 is 0. The number of thiocarbonyl (C=S) groups is 1. The number of rotatable bonds is 1. The maximum atomic E-state index is 9.10. The first-order valence-electron chi connectivity index (χ1n) is 5.57. The van der Waals surface area contributed by atoms with Gasteiger partial charge >= 0.3 is 11.9 Å². The van der Waals surface area contributed by atoms with Crippen molar-refractivity contribution < 1.29 is 19.8 Å². The van der Waals surface area contributed by atoms with Crippen molar-refractivity contribution in [1.29, 1.82) is 0 Å². The smallest absolute Gasteiger partial charge is 0.414 e. The third kappa shape index (κ3) is 6.36. The number of aliphatic carboxylic acids is 2. The molecule has 1 rings (SSSR count). The number of piperazine rings is 1. The summed E-state index contributed by atoms with van der Waals surface area (Å²) in [4.78, 5) is 22.9. The van der Waals surface area contributed by atoms with Crippen LogP contribution >= 0.6 is 12.2 Å². The van der Waals surface area contributed by atoms with E-state index in [1.807, 2.05) is 7.05 Å². The number of hydrogen-bond donors (Lipinski definition) is 3. The van der Waals surface area contributed by atoms with Crippen LogP contribution in [-0.2, 0) is 9.59 Å². The summed E-state index contributed by atoms with van der Waals surface area (Å²) in [6, 6.07) is 0. The zero-order chi connectivity index (χ0) is 14.1. The second kappa shape index (κ2) is 8.65. The summed E-state index contributed by atoms with van der Waals surface area (Å²) in [5, 5.41) is 18.7. The fourth-order valence-corrected chi connectivity index (χ4v) is 1.61. The SMILES string of the molecule is CCN1CCN(C(=S)NC)CC1.O=C(O)C(=O)O. The number of likely N-dealkylation sites (N-methyl/N-ethyl adjacent to an activating group) is 1. The average Bonchev–Trinajstić information content (AvgIpc) is 2.38. The van der Waals surface area contributed by atoms with Gasteiger partial charge in [-0.05, 0) is 18.8 Å². The van der Waals surface area contributed by atoms with Crippen LogP contribution in [0, 0.1) is 0 Å². The molecule has 0 atom stereocenters. The Morgan fingerprint density at radius 1 is 1.17 bits per heavy atom. The molecule has 0 aromatic heterocycles. The minimum atomic E-state index is -1.82. The molecule has 0 unspecified atom stereocenters. The molecule has 104 valence electrons. The Bertz CT molecular complexity index is 291. The third-order valence-corrected chi connectivity index (χ3v) is 2.97.